The number of anilines is 1. The molecule has 0 bridgehead atoms. The van der Waals surface area contributed by atoms with Crippen molar-refractivity contribution in [3.63, 3.8) is 0 Å². The highest BCUT2D eigenvalue weighted by Crippen LogP contribution is 2.43. The van der Waals surface area contributed by atoms with E-state index in [1.165, 1.54) is 35.2 Å². The van der Waals surface area contributed by atoms with Crippen molar-refractivity contribution in [3.8, 4) is 0 Å². The zero-order valence-corrected chi connectivity index (χ0v) is 10.4. The number of likely N-dealkylation sites (tertiary alicyclic amines) is 1. The maximum Gasteiger partial charge on any atom is 0.0523 e. The second-order valence-electron chi connectivity index (χ2n) is 4.61. The summed E-state index contributed by atoms with van der Waals surface area (Å²) < 4.78 is 1.21. The topological polar surface area (TPSA) is 15.3 Å². The predicted molar refractivity (Wildman–Crippen MR) is 66.4 cm³/mol. The Hall–Kier alpha value is -0.540. The molecule has 2 atom stereocenters. The van der Waals surface area contributed by atoms with Crippen molar-refractivity contribution in [2.45, 2.75) is 18.4 Å². The first-order valence-corrected chi connectivity index (χ1v) is 6.28. The first kappa shape index (κ1) is 9.67. The van der Waals surface area contributed by atoms with E-state index in [-0.39, 0.29) is 0 Å². The first-order chi connectivity index (χ1) is 7.25. The Morgan fingerprint density at radius 2 is 2.33 bits per heavy atom. The monoisotopic (exact) mass is 266 g/mol. The number of nitrogens with one attached hydrogen (secondary N) is 1. The fraction of sp³-hybridized carbons (Fsp3) is 0.500. The van der Waals surface area contributed by atoms with Gasteiger partial charge in [0.15, 0.2) is 0 Å². The van der Waals surface area contributed by atoms with Crippen molar-refractivity contribution in [1.82, 2.24) is 4.90 Å². The van der Waals surface area contributed by atoms with E-state index in [9.17, 15) is 0 Å². The van der Waals surface area contributed by atoms with E-state index in [1.54, 1.807) is 0 Å². The van der Waals surface area contributed by atoms with E-state index in [4.69, 9.17) is 0 Å². The fourth-order valence-electron chi connectivity index (χ4n) is 2.79. The summed E-state index contributed by atoms with van der Waals surface area (Å²) in [4.78, 5) is 2.43. The summed E-state index contributed by atoms with van der Waals surface area (Å²) in [6, 6.07) is 7.17. The molecule has 1 aromatic rings. The standard InChI is InChI=1S/C12H15BrN2/c1-15-6-5-11-9(7-15)8-3-2-4-10(13)12(8)14-11/h2-4,9,11,14H,5-7H2,1H3. The minimum absolute atomic E-state index is 0.648. The molecule has 15 heavy (non-hydrogen) atoms. The van der Waals surface area contributed by atoms with Gasteiger partial charge in [0, 0.05) is 23.0 Å². The highest BCUT2D eigenvalue weighted by atomic mass is 79.9. The fourth-order valence-corrected chi connectivity index (χ4v) is 3.29. The van der Waals surface area contributed by atoms with Crippen LogP contribution in [0.4, 0.5) is 5.69 Å². The normalized spacial score (nSPS) is 29.5. The maximum atomic E-state index is 3.65. The predicted octanol–water partition coefficient (Wildman–Crippen LogP) is 2.66. The lowest BCUT2D eigenvalue weighted by molar-refractivity contribution is 0.243. The molecule has 0 aromatic heterocycles. The molecule has 0 radical (unpaired) electrons. The zero-order chi connectivity index (χ0) is 10.4. The van der Waals surface area contributed by atoms with E-state index in [1.807, 2.05) is 0 Å². The van der Waals surface area contributed by atoms with Crippen molar-refractivity contribution in [1.29, 1.82) is 0 Å². The molecule has 1 saturated heterocycles. The van der Waals surface area contributed by atoms with Gasteiger partial charge in [0.05, 0.1) is 5.69 Å². The number of benzene rings is 1. The van der Waals surface area contributed by atoms with Crippen LogP contribution in [0.5, 0.6) is 0 Å². The second-order valence-corrected chi connectivity index (χ2v) is 5.47. The van der Waals surface area contributed by atoms with E-state index < -0.39 is 0 Å². The van der Waals surface area contributed by atoms with Crippen LogP contribution in [0.2, 0.25) is 0 Å². The summed E-state index contributed by atoms with van der Waals surface area (Å²) in [5, 5.41) is 3.65. The third-order valence-corrected chi connectivity index (χ3v) is 4.25. The third-order valence-electron chi connectivity index (χ3n) is 3.59. The highest BCUT2D eigenvalue weighted by Gasteiger charge is 2.36. The van der Waals surface area contributed by atoms with Gasteiger partial charge in [-0.15, -0.1) is 0 Å². The average molecular weight is 267 g/mol. The van der Waals surface area contributed by atoms with Gasteiger partial charge in [-0.1, -0.05) is 12.1 Å². The van der Waals surface area contributed by atoms with Crippen molar-refractivity contribution in [2.24, 2.45) is 0 Å². The number of piperidine rings is 1. The van der Waals surface area contributed by atoms with Crippen LogP contribution in [0.3, 0.4) is 0 Å². The van der Waals surface area contributed by atoms with E-state index >= 15 is 0 Å². The minimum Gasteiger partial charge on any atom is -0.380 e. The Balaban J connectivity index is 2.01. The van der Waals surface area contributed by atoms with Crippen LogP contribution in [-0.2, 0) is 0 Å². The summed E-state index contributed by atoms with van der Waals surface area (Å²) in [7, 11) is 2.21. The molecule has 0 saturated carbocycles. The molecule has 2 aliphatic heterocycles. The molecule has 3 heteroatoms. The van der Waals surface area contributed by atoms with Crippen molar-refractivity contribution in [2.75, 3.05) is 25.5 Å². The van der Waals surface area contributed by atoms with Gasteiger partial charge in [0.25, 0.3) is 0 Å². The molecule has 1 N–H and O–H groups in total. The molecule has 0 aliphatic carbocycles. The van der Waals surface area contributed by atoms with Gasteiger partial charge in [-0.05, 0) is 47.6 Å². The van der Waals surface area contributed by atoms with Crippen molar-refractivity contribution < 1.29 is 0 Å². The summed E-state index contributed by atoms with van der Waals surface area (Å²) in [6.07, 6.45) is 1.25. The maximum absolute atomic E-state index is 3.65. The van der Waals surface area contributed by atoms with Crippen LogP contribution >= 0.6 is 15.9 Å². The molecule has 80 valence electrons. The smallest absolute Gasteiger partial charge is 0.0523 e. The molecule has 2 heterocycles. The van der Waals surface area contributed by atoms with Gasteiger partial charge in [0.1, 0.15) is 0 Å². The van der Waals surface area contributed by atoms with Crippen LogP contribution < -0.4 is 5.32 Å². The second kappa shape index (κ2) is 3.49. The molecule has 2 aliphatic rings. The number of rotatable bonds is 0. The molecule has 0 spiro atoms. The molecular formula is C12H15BrN2. The van der Waals surface area contributed by atoms with Gasteiger partial charge >= 0.3 is 0 Å². The Kier molecular flexibility index (Phi) is 2.25. The van der Waals surface area contributed by atoms with Gasteiger partial charge in [-0.2, -0.15) is 0 Å². The van der Waals surface area contributed by atoms with Crippen LogP contribution in [0.25, 0.3) is 0 Å². The van der Waals surface area contributed by atoms with Gasteiger partial charge < -0.3 is 10.2 Å². The first-order valence-electron chi connectivity index (χ1n) is 5.49. The summed E-state index contributed by atoms with van der Waals surface area (Å²) in [5.74, 6) is 0.677. The summed E-state index contributed by atoms with van der Waals surface area (Å²) in [5.41, 5.74) is 2.81. The lowest BCUT2D eigenvalue weighted by Gasteiger charge is -2.32. The van der Waals surface area contributed by atoms with E-state index in [2.05, 4.69) is 51.4 Å². The lowest BCUT2D eigenvalue weighted by atomic mass is 9.90. The number of halogens is 1. The Bertz CT molecular complexity index is 391. The number of fused-ring (bicyclic) bond motifs is 3. The Morgan fingerprint density at radius 3 is 3.20 bits per heavy atom. The lowest BCUT2D eigenvalue weighted by Crippen LogP contribution is -2.39. The van der Waals surface area contributed by atoms with E-state index in [0.29, 0.717) is 12.0 Å². The molecular weight excluding hydrogens is 252 g/mol. The number of hydrogen-bond acceptors (Lipinski definition) is 2. The van der Waals surface area contributed by atoms with Crippen molar-refractivity contribution in [3.05, 3.63) is 28.2 Å². The number of likely N-dealkylation sites (N-methyl/N-ethyl adjacent to an activating group) is 1. The molecule has 1 aromatic carbocycles. The largest absolute Gasteiger partial charge is 0.380 e. The molecule has 3 rings (SSSR count). The van der Waals surface area contributed by atoms with Gasteiger partial charge in [-0.25, -0.2) is 0 Å². The third kappa shape index (κ3) is 1.49. The van der Waals surface area contributed by atoms with Gasteiger partial charge in [0.2, 0.25) is 0 Å². The van der Waals surface area contributed by atoms with Gasteiger partial charge in [-0.3, -0.25) is 0 Å². The zero-order valence-electron chi connectivity index (χ0n) is 8.83. The quantitative estimate of drug-likeness (QED) is 0.777. The van der Waals surface area contributed by atoms with Crippen LogP contribution in [0.15, 0.2) is 22.7 Å². The number of hydrogen-bond donors (Lipinski definition) is 1. The minimum atomic E-state index is 0.648. The van der Waals surface area contributed by atoms with Crippen LogP contribution in [-0.4, -0.2) is 31.1 Å². The highest BCUT2D eigenvalue weighted by molar-refractivity contribution is 9.10. The summed E-state index contributed by atoms with van der Waals surface area (Å²) in [6.45, 7) is 2.39. The summed E-state index contributed by atoms with van der Waals surface area (Å²) >= 11 is 3.62. The Labute approximate surface area is 98.8 Å². The Morgan fingerprint density at radius 1 is 1.47 bits per heavy atom. The number of para-hydroxylation sites is 1. The van der Waals surface area contributed by atoms with Crippen LogP contribution in [0, 0.1) is 0 Å². The molecule has 0 amide bonds. The van der Waals surface area contributed by atoms with Crippen molar-refractivity contribution >= 4 is 21.6 Å². The SMILES string of the molecule is CN1CCC2Nc3c(Br)cccc3C2C1. The van der Waals surface area contributed by atoms with E-state index in [0.717, 1.165) is 0 Å². The molecule has 2 unspecified atom stereocenters. The average Bonchev–Trinajstić information content (AvgIpc) is 2.58. The molecule has 1 fully saturated rings. The van der Waals surface area contributed by atoms with Crippen LogP contribution in [0.1, 0.15) is 17.9 Å². The number of nitrogens with zero attached hydrogens (tertiary/aromatic N) is 1. The molecule has 2 nitrogen and oxygen atoms in total.